The third-order valence-corrected chi connectivity index (χ3v) is 9.26. The molecule has 238 valence electrons. The van der Waals surface area contributed by atoms with Gasteiger partial charge in [0.15, 0.2) is 0 Å². The summed E-state index contributed by atoms with van der Waals surface area (Å²) in [5, 5.41) is 0.540. The van der Waals surface area contributed by atoms with Crippen LogP contribution in [0.15, 0.2) is 36.4 Å². The first-order valence-electron chi connectivity index (χ1n) is 15.5. The summed E-state index contributed by atoms with van der Waals surface area (Å²) in [5.41, 5.74) is 14.3. The lowest BCUT2D eigenvalue weighted by atomic mass is 9.88. The Labute approximate surface area is 263 Å². The highest BCUT2D eigenvalue weighted by molar-refractivity contribution is 6.31. The minimum absolute atomic E-state index is 0.00601. The van der Waals surface area contributed by atoms with E-state index in [1.165, 1.54) is 11.0 Å². The van der Waals surface area contributed by atoms with E-state index in [-0.39, 0.29) is 35.9 Å². The lowest BCUT2D eigenvalue weighted by Gasteiger charge is -2.39. The summed E-state index contributed by atoms with van der Waals surface area (Å²) in [6.07, 6.45) is 2.23. The van der Waals surface area contributed by atoms with Crippen molar-refractivity contribution in [2.45, 2.75) is 51.2 Å². The van der Waals surface area contributed by atoms with Crippen molar-refractivity contribution in [1.29, 1.82) is 0 Å². The fraction of sp³-hybridized carbons (Fsp3) is 0.531. The number of amides is 3. The summed E-state index contributed by atoms with van der Waals surface area (Å²) >= 11 is 6.26. The lowest BCUT2D eigenvalue weighted by molar-refractivity contribution is -0.136. The van der Waals surface area contributed by atoms with Crippen molar-refractivity contribution in [3.8, 4) is 5.75 Å². The molecule has 0 radical (unpaired) electrons. The van der Waals surface area contributed by atoms with Gasteiger partial charge in [0.1, 0.15) is 11.6 Å². The molecule has 3 aliphatic rings. The van der Waals surface area contributed by atoms with Crippen molar-refractivity contribution in [2.24, 2.45) is 17.4 Å². The van der Waals surface area contributed by atoms with E-state index in [4.69, 9.17) is 27.8 Å². The first-order chi connectivity index (χ1) is 21.2. The number of piperidine rings is 1. The molecular weight excluding hydrogens is 587 g/mol. The van der Waals surface area contributed by atoms with Crippen molar-refractivity contribution in [2.75, 3.05) is 57.3 Å². The third kappa shape index (κ3) is 7.24. The van der Waals surface area contributed by atoms with Gasteiger partial charge in [0, 0.05) is 49.9 Å². The van der Waals surface area contributed by atoms with Crippen molar-refractivity contribution >= 4 is 35.0 Å². The molecule has 0 spiro atoms. The zero-order chi connectivity index (χ0) is 31.4. The van der Waals surface area contributed by atoms with Gasteiger partial charge in [0.2, 0.25) is 11.8 Å². The molecule has 0 saturated carbocycles. The molecule has 2 atom stereocenters. The fourth-order valence-corrected chi connectivity index (χ4v) is 6.64. The monoisotopic (exact) mass is 628 g/mol. The maximum Gasteiger partial charge on any atom is 0.251 e. The SMILES string of the molecule is CCOc1cccc(F)c1CN1CCN(C(=O)[C@H](N)C2CCN(CCc3cc(Cl)ccc3N3C(=O)C[C@H](N)C3=O)CC2)CC1. The summed E-state index contributed by atoms with van der Waals surface area (Å²) < 4.78 is 20.1. The predicted octanol–water partition coefficient (Wildman–Crippen LogP) is 2.39. The molecule has 3 amide bonds. The Morgan fingerprint density at radius 2 is 1.80 bits per heavy atom. The van der Waals surface area contributed by atoms with Crippen LogP contribution in [0.1, 0.15) is 37.3 Å². The molecule has 0 aromatic heterocycles. The second-order valence-electron chi connectivity index (χ2n) is 11.9. The maximum absolute atomic E-state index is 14.5. The largest absolute Gasteiger partial charge is 0.493 e. The van der Waals surface area contributed by atoms with Gasteiger partial charge in [0.25, 0.3) is 5.91 Å². The molecule has 0 aliphatic carbocycles. The number of benzene rings is 2. The molecule has 5 rings (SSSR count). The van der Waals surface area contributed by atoms with Gasteiger partial charge in [-0.2, -0.15) is 0 Å². The average Bonchev–Trinajstić information content (AvgIpc) is 3.28. The standard InChI is InChI=1S/C32H42ClFN6O4/c1-2-44-28-5-3-4-25(34)24(28)20-38-14-16-39(17-15-38)32(43)30(36)21-8-11-37(12-9-21)13-10-22-18-23(33)6-7-27(22)40-29(41)19-26(35)31(40)42/h3-7,18,21,26,30H,2,8-17,19-20,35-36H2,1H3/t26-,30+/m0/s1. The molecule has 0 unspecified atom stereocenters. The Morgan fingerprint density at radius 3 is 2.45 bits per heavy atom. The first-order valence-corrected chi connectivity index (χ1v) is 15.8. The number of rotatable bonds is 10. The van der Waals surface area contributed by atoms with E-state index < -0.39 is 12.1 Å². The van der Waals surface area contributed by atoms with Gasteiger partial charge in [0.05, 0.1) is 30.8 Å². The minimum atomic E-state index is -0.812. The zero-order valence-electron chi connectivity index (χ0n) is 25.2. The molecule has 3 aliphatic heterocycles. The van der Waals surface area contributed by atoms with Crippen LogP contribution < -0.4 is 21.1 Å². The van der Waals surface area contributed by atoms with Crippen LogP contribution >= 0.6 is 11.6 Å². The van der Waals surface area contributed by atoms with Gasteiger partial charge in [-0.1, -0.05) is 17.7 Å². The van der Waals surface area contributed by atoms with E-state index in [0.717, 1.165) is 38.0 Å². The smallest absolute Gasteiger partial charge is 0.251 e. The van der Waals surface area contributed by atoms with Crippen LogP contribution in [0.3, 0.4) is 0 Å². The van der Waals surface area contributed by atoms with Gasteiger partial charge < -0.3 is 26.0 Å². The Balaban J connectivity index is 1.09. The number of hydrogen-bond donors (Lipinski definition) is 2. The number of likely N-dealkylation sites (tertiary alicyclic amines) is 1. The Hall–Kier alpha value is -3.09. The normalized spacial score (nSPS) is 21.2. The zero-order valence-corrected chi connectivity index (χ0v) is 26.0. The molecule has 2 aromatic rings. The number of nitrogens with zero attached hydrogens (tertiary/aromatic N) is 4. The highest BCUT2D eigenvalue weighted by atomic mass is 35.5. The number of halogens is 2. The summed E-state index contributed by atoms with van der Waals surface area (Å²) in [4.78, 5) is 45.8. The second-order valence-corrected chi connectivity index (χ2v) is 12.3. The van der Waals surface area contributed by atoms with Crippen LogP contribution in [-0.4, -0.2) is 96.9 Å². The van der Waals surface area contributed by atoms with E-state index in [1.807, 2.05) is 11.8 Å². The number of hydrogen-bond acceptors (Lipinski definition) is 8. The number of imide groups is 1. The predicted molar refractivity (Wildman–Crippen MR) is 167 cm³/mol. The topological polar surface area (TPSA) is 125 Å². The first kappa shape index (κ1) is 32.3. The van der Waals surface area contributed by atoms with Gasteiger partial charge in [-0.3, -0.25) is 19.3 Å². The van der Waals surface area contributed by atoms with Gasteiger partial charge in [-0.25, -0.2) is 9.29 Å². The second kappa shape index (κ2) is 14.3. The molecule has 3 heterocycles. The third-order valence-electron chi connectivity index (χ3n) is 9.03. The molecule has 4 N–H and O–H groups in total. The number of piperazine rings is 1. The summed E-state index contributed by atoms with van der Waals surface area (Å²) in [6, 6.07) is 8.71. The molecule has 10 nitrogen and oxygen atoms in total. The number of anilines is 1. The number of carbonyl (C=O) groups excluding carboxylic acids is 3. The molecule has 3 saturated heterocycles. The molecular formula is C32H42ClFN6O4. The van der Waals surface area contributed by atoms with Crippen molar-refractivity contribution in [3.63, 3.8) is 0 Å². The summed E-state index contributed by atoms with van der Waals surface area (Å²) in [5.74, 6) is -0.336. The summed E-state index contributed by atoms with van der Waals surface area (Å²) in [6.45, 7) is 7.49. The van der Waals surface area contributed by atoms with Crippen LogP contribution in [0.2, 0.25) is 5.02 Å². The molecule has 3 fully saturated rings. The van der Waals surface area contributed by atoms with E-state index in [2.05, 4.69) is 9.80 Å². The Kier molecular flexibility index (Phi) is 10.5. The minimum Gasteiger partial charge on any atom is -0.493 e. The number of ether oxygens (including phenoxy) is 1. The van der Waals surface area contributed by atoms with E-state index in [9.17, 15) is 18.8 Å². The van der Waals surface area contributed by atoms with Crippen molar-refractivity contribution in [1.82, 2.24) is 14.7 Å². The van der Waals surface area contributed by atoms with Crippen LogP contribution in [0.4, 0.5) is 10.1 Å². The van der Waals surface area contributed by atoms with Crippen LogP contribution in [0.25, 0.3) is 0 Å². The van der Waals surface area contributed by atoms with Gasteiger partial charge in [-0.05, 0) is 81.1 Å². The molecule has 0 bridgehead atoms. The average molecular weight is 629 g/mol. The van der Waals surface area contributed by atoms with Crippen molar-refractivity contribution < 1.29 is 23.5 Å². The molecule has 12 heteroatoms. The van der Waals surface area contributed by atoms with Gasteiger partial charge in [-0.15, -0.1) is 0 Å². The van der Waals surface area contributed by atoms with E-state index >= 15 is 0 Å². The highest BCUT2D eigenvalue weighted by Gasteiger charge is 2.38. The molecule has 2 aromatic carbocycles. The number of nitrogens with two attached hydrogens (primary N) is 2. The molecule has 44 heavy (non-hydrogen) atoms. The summed E-state index contributed by atoms with van der Waals surface area (Å²) in [7, 11) is 0. The maximum atomic E-state index is 14.5. The Bertz CT molecular complexity index is 1360. The van der Waals surface area contributed by atoms with Crippen molar-refractivity contribution in [3.05, 3.63) is 58.4 Å². The van der Waals surface area contributed by atoms with Gasteiger partial charge >= 0.3 is 0 Å². The lowest BCUT2D eigenvalue weighted by Crippen LogP contribution is -2.55. The van der Waals surface area contributed by atoms with E-state index in [1.54, 1.807) is 30.3 Å². The quantitative estimate of drug-likeness (QED) is 0.385. The van der Waals surface area contributed by atoms with Crippen LogP contribution in [0.5, 0.6) is 5.75 Å². The van der Waals surface area contributed by atoms with E-state index in [0.29, 0.717) is 67.8 Å². The highest BCUT2D eigenvalue weighted by Crippen LogP contribution is 2.30. The fourth-order valence-electron chi connectivity index (χ4n) is 6.44. The Morgan fingerprint density at radius 1 is 1.07 bits per heavy atom. The van der Waals surface area contributed by atoms with Crippen LogP contribution in [-0.2, 0) is 27.3 Å². The number of carbonyl (C=O) groups is 3. The van der Waals surface area contributed by atoms with Crippen LogP contribution in [0, 0.1) is 11.7 Å².